The molecule has 1 saturated heterocycles. The predicted octanol–water partition coefficient (Wildman–Crippen LogP) is 4.90. The van der Waals surface area contributed by atoms with Gasteiger partial charge in [0.15, 0.2) is 0 Å². The molecule has 1 N–H and O–H groups in total. The number of hydrogen-bond donors (Lipinski definition) is 1. The van der Waals surface area contributed by atoms with Crippen LogP contribution in [0.4, 0.5) is 18.9 Å². The van der Waals surface area contributed by atoms with E-state index in [0.717, 1.165) is 31.5 Å². The average Bonchev–Trinajstić information content (AvgIpc) is 3.43. The maximum atomic E-state index is 13.6. The van der Waals surface area contributed by atoms with Crippen LogP contribution in [-0.2, 0) is 16.8 Å². The van der Waals surface area contributed by atoms with Gasteiger partial charge in [-0.25, -0.2) is 9.78 Å². The van der Waals surface area contributed by atoms with Crippen LogP contribution >= 0.6 is 0 Å². The molecule has 1 fully saturated rings. The Bertz CT molecular complexity index is 1290. The monoisotopic (exact) mass is 486 g/mol. The molecule has 0 aliphatic carbocycles. The van der Waals surface area contributed by atoms with Gasteiger partial charge in [0.1, 0.15) is 29.6 Å². The molecule has 1 atom stereocenters. The standard InChI is InChI=1S/C25H25F3N4O3/c1-24(2,25(26,27)28)21-12-15(7-8-29-21)18-14-31-10-11-35-20-13-16(5-6-17(20)22(31)30-18)32-9-3-4-19(32)23(33)34/h5-8,12-14,19H,3-4,9-11H2,1-2H3,(H,33,34)/t19-/m0/s1. The van der Waals surface area contributed by atoms with E-state index in [0.29, 0.717) is 48.9 Å². The second-order valence-corrected chi connectivity index (χ2v) is 9.41. The molecule has 0 unspecified atom stereocenters. The van der Waals surface area contributed by atoms with Gasteiger partial charge in [0.25, 0.3) is 0 Å². The Morgan fingerprint density at radius 3 is 2.71 bits per heavy atom. The summed E-state index contributed by atoms with van der Waals surface area (Å²) in [6.07, 6.45) is 0.151. The van der Waals surface area contributed by atoms with Crippen LogP contribution < -0.4 is 9.64 Å². The van der Waals surface area contributed by atoms with Gasteiger partial charge in [-0.1, -0.05) is 0 Å². The smallest absolute Gasteiger partial charge is 0.399 e. The minimum atomic E-state index is -4.44. The van der Waals surface area contributed by atoms with Gasteiger partial charge in [-0.3, -0.25) is 4.98 Å². The molecular weight excluding hydrogens is 461 g/mol. The van der Waals surface area contributed by atoms with Crippen molar-refractivity contribution < 1.29 is 27.8 Å². The van der Waals surface area contributed by atoms with E-state index in [9.17, 15) is 23.1 Å². The Hall–Kier alpha value is -3.56. The normalized spacial score (nSPS) is 18.0. The average molecular weight is 486 g/mol. The number of anilines is 1. The molecule has 0 radical (unpaired) electrons. The number of rotatable bonds is 4. The number of pyridine rings is 1. The predicted molar refractivity (Wildman–Crippen MR) is 123 cm³/mol. The fraction of sp³-hybridized carbons (Fsp3) is 0.400. The number of halogens is 3. The van der Waals surface area contributed by atoms with E-state index in [4.69, 9.17) is 9.72 Å². The van der Waals surface area contributed by atoms with Crippen LogP contribution in [0.15, 0.2) is 42.7 Å². The van der Waals surface area contributed by atoms with Gasteiger partial charge in [0.05, 0.1) is 23.5 Å². The number of hydrogen-bond acceptors (Lipinski definition) is 5. The van der Waals surface area contributed by atoms with E-state index < -0.39 is 23.6 Å². The van der Waals surface area contributed by atoms with Crippen molar-refractivity contribution in [1.82, 2.24) is 14.5 Å². The summed E-state index contributed by atoms with van der Waals surface area (Å²) >= 11 is 0. The van der Waals surface area contributed by atoms with E-state index in [1.165, 1.54) is 12.3 Å². The third-order valence-corrected chi connectivity index (χ3v) is 6.85. The molecule has 0 amide bonds. The molecule has 35 heavy (non-hydrogen) atoms. The van der Waals surface area contributed by atoms with E-state index in [1.54, 1.807) is 6.07 Å². The zero-order valence-corrected chi connectivity index (χ0v) is 19.3. The van der Waals surface area contributed by atoms with Gasteiger partial charge in [0, 0.05) is 36.3 Å². The number of carboxylic acid groups (broad SMARTS) is 1. The number of aliphatic carboxylic acids is 1. The quantitative estimate of drug-likeness (QED) is 0.565. The number of nitrogens with zero attached hydrogens (tertiary/aromatic N) is 4. The first-order chi connectivity index (χ1) is 16.6. The second-order valence-electron chi connectivity index (χ2n) is 9.41. The van der Waals surface area contributed by atoms with Gasteiger partial charge >= 0.3 is 12.1 Å². The zero-order chi connectivity index (χ0) is 25.0. The first kappa shape index (κ1) is 23.2. The van der Waals surface area contributed by atoms with Crippen molar-refractivity contribution in [1.29, 1.82) is 0 Å². The molecule has 7 nitrogen and oxygen atoms in total. The Morgan fingerprint density at radius 2 is 1.97 bits per heavy atom. The molecule has 2 aliphatic heterocycles. The van der Waals surface area contributed by atoms with Crippen LogP contribution in [-0.4, -0.2) is 51.0 Å². The fourth-order valence-corrected chi connectivity index (χ4v) is 4.60. The van der Waals surface area contributed by atoms with Gasteiger partial charge < -0.3 is 19.3 Å². The summed E-state index contributed by atoms with van der Waals surface area (Å²) in [5.41, 5.74) is 0.450. The highest BCUT2D eigenvalue weighted by Crippen LogP contribution is 2.41. The number of carbonyl (C=O) groups is 1. The van der Waals surface area contributed by atoms with E-state index in [1.807, 2.05) is 33.9 Å². The number of ether oxygens (including phenoxy) is 1. The Labute approximate surface area is 200 Å². The highest BCUT2D eigenvalue weighted by atomic mass is 19.4. The first-order valence-corrected chi connectivity index (χ1v) is 11.4. The molecular formula is C25H25F3N4O3. The van der Waals surface area contributed by atoms with Crippen molar-refractivity contribution in [2.75, 3.05) is 18.1 Å². The third-order valence-electron chi connectivity index (χ3n) is 6.85. The molecule has 0 saturated carbocycles. The minimum Gasteiger partial charge on any atom is -0.491 e. The topological polar surface area (TPSA) is 80.5 Å². The Balaban J connectivity index is 1.51. The first-order valence-electron chi connectivity index (χ1n) is 11.4. The number of alkyl halides is 3. The van der Waals surface area contributed by atoms with Crippen molar-refractivity contribution in [3.63, 3.8) is 0 Å². The van der Waals surface area contributed by atoms with Crippen LogP contribution in [0.5, 0.6) is 5.75 Å². The lowest BCUT2D eigenvalue weighted by molar-refractivity contribution is -0.181. The third kappa shape index (κ3) is 4.00. The van der Waals surface area contributed by atoms with Crippen molar-refractivity contribution in [2.24, 2.45) is 0 Å². The molecule has 2 aliphatic rings. The lowest BCUT2D eigenvalue weighted by atomic mass is 9.87. The summed E-state index contributed by atoms with van der Waals surface area (Å²) in [5, 5.41) is 9.53. The fourth-order valence-electron chi connectivity index (χ4n) is 4.60. The van der Waals surface area contributed by atoms with Crippen LogP contribution in [0, 0.1) is 0 Å². The number of benzene rings is 1. The van der Waals surface area contributed by atoms with Gasteiger partial charge in [-0.05, 0) is 51.0 Å². The van der Waals surface area contributed by atoms with Crippen molar-refractivity contribution in [2.45, 2.75) is 50.9 Å². The van der Waals surface area contributed by atoms with Crippen LogP contribution in [0.1, 0.15) is 32.4 Å². The van der Waals surface area contributed by atoms with Crippen molar-refractivity contribution in [3.8, 4) is 28.4 Å². The molecule has 184 valence electrons. The lowest BCUT2D eigenvalue weighted by Gasteiger charge is -2.27. The summed E-state index contributed by atoms with van der Waals surface area (Å²) < 4.78 is 48.5. The SMILES string of the molecule is CC(C)(c1cc(-c2cn3c(n2)-c2ccc(N4CCC[C@H]4C(=O)O)cc2OCC3)ccn1)C(F)(F)F. The largest absolute Gasteiger partial charge is 0.491 e. The maximum absolute atomic E-state index is 13.6. The van der Waals surface area contributed by atoms with Gasteiger partial charge in [-0.15, -0.1) is 0 Å². The van der Waals surface area contributed by atoms with Gasteiger partial charge in [0.2, 0.25) is 0 Å². The molecule has 0 spiro atoms. The molecule has 5 rings (SSSR count). The summed E-state index contributed by atoms with van der Waals surface area (Å²) in [4.78, 5) is 22.2. The van der Waals surface area contributed by atoms with E-state index >= 15 is 0 Å². The van der Waals surface area contributed by atoms with E-state index in [-0.39, 0.29) is 5.69 Å². The zero-order valence-electron chi connectivity index (χ0n) is 19.3. The van der Waals surface area contributed by atoms with Crippen molar-refractivity contribution in [3.05, 3.63) is 48.4 Å². The summed E-state index contributed by atoms with van der Waals surface area (Å²) in [6, 6.07) is 8.10. The molecule has 4 heterocycles. The number of carboxylic acids is 1. The summed E-state index contributed by atoms with van der Waals surface area (Å²) in [5.74, 6) is 0.399. The number of imidazole rings is 1. The molecule has 1 aromatic carbocycles. The van der Waals surface area contributed by atoms with E-state index in [2.05, 4.69) is 4.98 Å². The number of fused-ring (bicyclic) bond motifs is 3. The number of aromatic nitrogens is 3. The summed E-state index contributed by atoms with van der Waals surface area (Å²) in [6.45, 7) is 3.78. The molecule has 2 aromatic heterocycles. The Morgan fingerprint density at radius 1 is 1.17 bits per heavy atom. The maximum Gasteiger partial charge on any atom is 0.399 e. The highest BCUT2D eigenvalue weighted by Gasteiger charge is 2.49. The molecule has 3 aromatic rings. The minimum absolute atomic E-state index is 0.0716. The summed E-state index contributed by atoms with van der Waals surface area (Å²) in [7, 11) is 0. The lowest BCUT2D eigenvalue weighted by Crippen LogP contribution is -2.37. The van der Waals surface area contributed by atoms with Crippen LogP contribution in [0.25, 0.3) is 22.6 Å². The molecule has 0 bridgehead atoms. The van der Waals surface area contributed by atoms with Crippen LogP contribution in [0.3, 0.4) is 0 Å². The van der Waals surface area contributed by atoms with Gasteiger partial charge in [-0.2, -0.15) is 13.2 Å². The van der Waals surface area contributed by atoms with Crippen molar-refractivity contribution >= 4 is 11.7 Å². The van der Waals surface area contributed by atoms with Crippen LogP contribution in [0.2, 0.25) is 0 Å². The molecule has 10 heteroatoms. The highest BCUT2D eigenvalue weighted by molar-refractivity contribution is 5.80. The Kier molecular flexibility index (Phi) is 5.49. The second kappa shape index (κ2) is 8.28.